The summed E-state index contributed by atoms with van der Waals surface area (Å²) in [5.74, 6) is 1.87. The first-order chi connectivity index (χ1) is 9.52. The molecule has 20 heavy (non-hydrogen) atoms. The quantitative estimate of drug-likeness (QED) is 0.851. The lowest BCUT2D eigenvalue weighted by Gasteiger charge is -2.14. The number of aromatic nitrogens is 3. The van der Waals surface area contributed by atoms with Crippen LogP contribution in [0, 0.1) is 6.92 Å². The molecule has 0 saturated heterocycles. The highest BCUT2D eigenvalue weighted by atomic mass is 79.9. The second-order valence-corrected chi connectivity index (χ2v) is 6.78. The summed E-state index contributed by atoms with van der Waals surface area (Å²) in [5.41, 5.74) is 1.86. The number of halogens is 1. The first-order valence-electron chi connectivity index (χ1n) is 6.76. The number of nitrogens with zero attached hydrogens (tertiary/aromatic N) is 3. The van der Waals surface area contributed by atoms with Gasteiger partial charge >= 0.3 is 0 Å². The standard InChI is InChI=1S/C14H19BrN4S/c1-5-6-16-14-11(15)12(8(2)3)18-13(19-14)10-7-20-9(4)17-10/h7-8H,5-6H2,1-4H3,(H,16,18,19). The van der Waals surface area contributed by atoms with Crippen molar-refractivity contribution in [2.24, 2.45) is 0 Å². The van der Waals surface area contributed by atoms with Crippen molar-refractivity contribution >= 4 is 33.1 Å². The molecule has 6 heteroatoms. The third-order valence-electron chi connectivity index (χ3n) is 2.81. The Bertz CT molecular complexity index is 595. The summed E-state index contributed by atoms with van der Waals surface area (Å²) < 4.78 is 0.955. The van der Waals surface area contributed by atoms with Gasteiger partial charge in [0.1, 0.15) is 11.5 Å². The van der Waals surface area contributed by atoms with Gasteiger partial charge in [-0.25, -0.2) is 15.0 Å². The summed E-state index contributed by atoms with van der Waals surface area (Å²) in [6.45, 7) is 9.28. The Balaban J connectivity index is 2.49. The predicted octanol–water partition coefficient (Wildman–Crippen LogP) is 4.62. The summed E-state index contributed by atoms with van der Waals surface area (Å²) in [7, 11) is 0. The number of thiazole rings is 1. The molecule has 0 saturated carbocycles. The van der Waals surface area contributed by atoms with Gasteiger partial charge in [-0.1, -0.05) is 20.8 Å². The number of hydrogen-bond donors (Lipinski definition) is 1. The van der Waals surface area contributed by atoms with Crippen LogP contribution in [0.2, 0.25) is 0 Å². The Kier molecular flexibility index (Phi) is 5.10. The number of hydrogen-bond acceptors (Lipinski definition) is 5. The van der Waals surface area contributed by atoms with Gasteiger partial charge in [-0.15, -0.1) is 11.3 Å². The molecule has 0 unspecified atom stereocenters. The Morgan fingerprint density at radius 3 is 2.60 bits per heavy atom. The van der Waals surface area contributed by atoms with Crippen LogP contribution >= 0.6 is 27.3 Å². The molecule has 4 nitrogen and oxygen atoms in total. The molecule has 2 heterocycles. The van der Waals surface area contributed by atoms with Crippen LogP contribution in [0.4, 0.5) is 5.82 Å². The monoisotopic (exact) mass is 354 g/mol. The van der Waals surface area contributed by atoms with Crippen LogP contribution in [-0.2, 0) is 0 Å². The molecular formula is C14H19BrN4S. The lowest BCUT2D eigenvalue weighted by Crippen LogP contribution is -2.08. The van der Waals surface area contributed by atoms with E-state index in [-0.39, 0.29) is 0 Å². The highest BCUT2D eigenvalue weighted by Gasteiger charge is 2.16. The minimum absolute atomic E-state index is 0.327. The molecule has 0 radical (unpaired) electrons. The van der Waals surface area contributed by atoms with E-state index >= 15 is 0 Å². The van der Waals surface area contributed by atoms with E-state index in [4.69, 9.17) is 0 Å². The van der Waals surface area contributed by atoms with Crippen LogP contribution in [0.25, 0.3) is 11.5 Å². The fraction of sp³-hybridized carbons (Fsp3) is 0.500. The van der Waals surface area contributed by atoms with Gasteiger partial charge in [0.15, 0.2) is 5.82 Å². The summed E-state index contributed by atoms with van der Waals surface area (Å²) in [6, 6.07) is 0. The lowest BCUT2D eigenvalue weighted by molar-refractivity contribution is 0.807. The predicted molar refractivity (Wildman–Crippen MR) is 88.4 cm³/mol. The Morgan fingerprint density at radius 1 is 1.30 bits per heavy atom. The summed E-state index contributed by atoms with van der Waals surface area (Å²) >= 11 is 5.24. The van der Waals surface area contributed by atoms with Gasteiger partial charge in [-0.2, -0.15) is 0 Å². The lowest BCUT2D eigenvalue weighted by atomic mass is 10.1. The Labute approximate surface area is 132 Å². The van der Waals surface area contributed by atoms with Crippen molar-refractivity contribution in [3.63, 3.8) is 0 Å². The van der Waals surface area contributed by atoms with Crippen LogP contribution in [-0.4, -0.2) is 21.5 Å². The van der Waals surface area contributed by atoms with Crippen molar-refractivity contribution in [1.29, 1.82) is 0 Å². The molecule has 2 rings (SSSR count). The summed E-state index contributed by atoms with van der Waals surface area (Å²) in [4.78, 5) is 13.8. The third kappa shape index (κ3) is 3.35. The SMILES string of the molecule is CCCNc1nc(-c2csc(C)n2)nc(C(C)C)c1Br. The molecule has 0 spiro atoms. The molecule has 0 aromatic carbocycles. The van der Waals surface area contributed by atoms with E-state index in [9.17, 15) is 0 Å². The van der Waals surface area contributed by atoms with Gasteiger partial charge in [-0.3, -0.25) is 0 Å². The normalized spacial score (nSPS) is 11.1. The molecular weight excluding hydrogens is 336 g/mol. The van der Waals surface area contributed by atoms with Crippen molar-refractivity contribution in [2.45, 2.75) is 40.0 Å². The zero-order valence-electron chi connectivity index (χ0n) is 12.2. The summed E-state index contributed by atoms with van der Waals surface area (Å²) in [5, 5.41) is 6.39. The van der Waals surface area contributed by atoms with E-state index in [1.165, 1.54) is 0 Å². The van der Waals surface area contributed by atoms with E-state index in [1.54, 1.807) is 11.3 Å². The molecule has 0 bridgehead atoms. The number of nitrogens with one attached hydrogen (secondary N) is 1. The zero-order chi connectivity index (χ0) is 14.7. The van der Waals surface area contributed by atoms with Crippen LogP contribution in [0.1, 0.15) is 43.8 Å². The fourth-order valence-corrected chi connectivity index (χ4v) is 3.15. The average molecular weight is 355 g/mol. The van der Waals surface area contributed by atoms with Gasteiger partial charge in [0.2, 0.25) is 0 Å². The highest BCUT2D eigenvalue weighted by molar-refractivity contribution is 9.10. The van der Waals surface area contributed by atoms with Gasteiger partial charge in [0, 0.05) is 11.9 Å². The van der Waals surface area contributed by atoms with Crippen LogP contribution in [0.5, 0.6) is 0 Å². The van der Waals surface area contributed by atoms with Gasteiger partial charge in [0.05, 0.1) is 15.2 Å². The van der Waals surface area contributed by atoms with Crippen LogP contribution < -0.4 is 5.32 Å². The fourth-order valence-electron chi connectivity index (χ4n) is 1.79. The minimum Gasteiger partial charge on any atom is -0.369 e. The second-order valence-electron chi connectivity index (χ2n) is 4.93. The molecule has 0 amide bonds. The maximum Gasteiger partial charge on any atom is 0.181 e. The Morgan fingerprint density at radius 2 is 2.05 bits per heavy atom. The highest BCUT2D eigenvalue weighted by Crippen LogP contribution is 2.31. The van der Waals surface area contributed by atoms with Crippen molar-refractivity contribution in [1.82, 2.24) is 15.0 Å². The number of rotatable bonds is 5. The van der Waals surface area contributed by atoms with Gasteiger partial charge in [-0.05, 0) is 35.2 Å². The summed E-state index contributed by atoms with van der Waals surface area (Å²) in [6.07, 6.45) is 1.05. The van der Waals surface area contributed by atoms with E-state index in [2.05, 4.69) is 57.0 Å². The second kappa shape index (κ2) is 6.63. The number of aryl methyl sites for hydroxylation is 1. The average Bonchev–Trinajstić information content (AvgIpc) is 2.84. The van der Waals surface area contributed by atoms with Crippen molar-refractivity contribution in [3.8, 4) is 11.5 Å². The van der Waals surface area contributed by atoms with Crippen LogP contribution in [0.3, 0.4) is 0 Å². The molecule has 0 aliphatic carbocycles. The number of anilines is 1. The van der Waals surface area contributed by atoms with E-state index in [1.807, 2.05) is 12.3 Å². The van der Waals surface area contributed by atoms with E-state index < -0.39 is 0 Å². The minimum atomic E-state index is 0.327. The van der Waals surface area contributed by atoms with E-state index in [0.717, 1.165) is 39.7 Å². The molecule has 0 aliphatic heterocycles. The molecule has 0 atom stereocenters. The molecule has 108 valence electrons. The van der Waals surface area contributed by atoms with E-state index in [0.29, 0.717) is 11.7 Å². The topological polar surface area (TPSA) is 50.7 Å². The molecule has 2 aromatic rings. The van der Waals surface area contributed by atoms with Crippen molar-refractivity contribution in [3.05, 3.63) is 20.6 Å². The van der Waals surface area contributed by atoms with Crippen molar-refractivity contribution in [2.75, 3.05) is 11.9 Å². The Hall–Kier alpha value is -1.01. The van der Waals surface area contributed by atoms with Crippen molar-refractivity contribution < 1.29 is 0 Å². The molecule has 0 fully saturated rings. The smallest absolute Gasteiger partial charge is 0.181 e. The molecule has 0 aliphatic rings. The largest absolute Gasteiger partial charge is 0.369 e. The first-order valence-corrected chi connectivity index (χ1v) is 8.44. The zero-order valence-corrected chi connectivity index (χ0v) is 14.6. The first kappa shape index (κ1) is 15.4. The van der Waals surface area contributed by atoms with Gasteiger partial charge < -0.3 is 5.32 Å². The molecule has 1 N–H and O–H groups in total. The molecule has 2 aromatic heterocycles. The third-order valence-corrected chi connectivity index (χ3v) is 4.37. The van der Waals surface area contributed by atoms with Gasteiger partial charge in [0.25, 0.3) is 0 Å². The maximum atomic E-state index is 4.67. The maximum absolute atomic E-state index is 4.67. The van der Waals surface area contributed by atoms with Crippen LogP contribution in [0.15, 0.2) is 9.85 Å².